The summed E-state index contributed by atoms with van der Waals surface area (Å²) < 4.78 is 5.49. The third kappa shape index (κ3) is 2.94. The van der Waals surface area contributed by atoms with Gasteiger partial charge in [0.1, 0.15) is 5.69 Å². The van der Waals surface area contributed by atoms with E-state index >= 15 is 0 Å². The standard InChI is InChI=1S/C14H18N2O/c1-3-7-15-9-13-14(17-10-16-13)12-6-4-5-11(2)8-12/h4-6,8,10,15H,3,7,9H2,1-2H3. The second-order valence-corrected chi connectivity index (χ2v) is 4.17. The number of benzene rings is 1. The van der Waals surface area contributed by atoms with Crippen molar-refractivity contribution < 1.29 is 4.42 Å². The molecule has 2 aromatic rings. The second kappa shape index (κ2) is 5.64. The van der Waals surface area contributed by atoms with Gasteiger partial charge in [0.05, 0.1) is 0 Å². The lowest BCUT2D eigenvalue weighted by Gasteiger charge is -2.03. The number of nitrogens with one attached hydrogen (secondary N) is 1. The van der Waals surface area contributed by atoms with E-state index in [1.165, 1.54) is 12.0 Å². The van der Waals surface area contributed by atoms with Crippen molar-refractivity contribution >= 4 is 0 Å². The second-order valence-electron chi connectivity index (χ2n) is 4.17. The van der Waals surface area contributed by atoms with Gasteiger partial charge in [0.15, 0.2) is 12.2 Å². The van der Waals surface area contributed by atoms with Crippen LogP contribution in [0.15, 0.2) is 35.1 Å². The van der Waals surface area contributed by atoms with Gasteiger partial charge in [0, 0.05) is 12.1 Å². The fraction of sp³-hybridized carbons (Fsp3) is 0.357. The minimum atomic E-state index is 0.758. The van der Waals surface area contributed by atoms with Crippen molar-refractivity contribution in [1.29, 1.82) is 0 Å². The molecule has 2 rings (SSSR count). The zero-order valence-corrected chi connectivity index (χ0v) is 10.4. The summed E-state index contributed by atoms with van der Waals surface area (Å²) in [5, 5.41) is 3.34. The molecule has 1 aromatic carbocycles. The normalized spacial score (nSPS) is 10.7. The molecule has 0 aliphatic carbocycles. The highest BCUT2D eigenvalue weighted by Crippen LogP contribution is 2.23. The Bertz CT molecular complexity index is 477. The first-order chi connectivity index (χ1) is 8.31. The molecular weight excluding hydrogens is 212 g/mol. The number of hydrogen-bond acceptors (Lipinski definition) is 3. The molecule has 0 saturated carbocycles. The summed E-state index contributed by atoms with van der Waals surface area (Å²) in [6, 6.07) is 8.28. The summed E-state index contributed by atoms with van der Waals surface area (Å²) in [6.07, 6.45) is 2.64. The zero-order valence-electron chi connectivity index (χ0n) is 10.4. The van der Waals surface area contributed by atoms with Crippen LogP contribution in [0.1, 0.15) is 24.6 Å². The zero-order chi connectivity index (χ0) is 12.1. The fourth-order valence-corrected chi connectivity index (χ4v) is 1.80. The van der Waals surface area contributed by atoms with E-state index in [9.17, 15) is 0 Å². The quantitative estimate of drug-likeness (QED) is 0.802. The highest BCUT2D eigenvalue weighted by Gasteiger charge is 2.09. The van der Waals surface area contributed by atoms with Gasteiger partial charge in [-0.1, -0.05) is 30.7 Å². The molecular formula is C14H18N2O. The Hall–Kier alpha value is -1.61. The number of aryl methyl sites for hydroxylation is 1. The van der Waals surface area contributed by atoms with Crippen LogP contribution in [-0.2, 0) is 6.54 Å². The Morgan fingerprint density at radius 2 is 2.24 bits per heavy atom. The van der Waals surface area contributed by atoms with Crippen LogP contribution in [0.4, 0.5) is 0 Å². The summed E-state index contributed by atoms with van der Waals surface area (Å²) in [5.74, 6) is 0.873. The van der Waals surface area contributed by atoms with Crippen LogP contribution in [0, 0.1) is 6.92 Å². The summed E-state index contributed by atoms with van der Waals surface area (Å²) >= 11 is 0. The van der Waals surface area contributed by atoms with Crippen LogP contribution in [0.3, 0.4) is 0 Å². The third-order valence-corrected chi connectivity index (χ3v) is 2.64. The molecule has 17 heavy (non-hydrogen) atoms. The number of aromatic nitrogens is 1. The molecule has 0 unspecified atom stereocenters. The van der Waals surface area contributed by atoms with Crippen molar-refractivity contribution in [2.45, 2.75) is 26.8 Å². The first-order valence-corrected chi connectivity index (χ1v) is 6.01. The molecule has 90 valence electrons. The summed E-state index contributed by atoms with van der Waals surface area (Å²) in [4.78, 5) is 4.26. The molecule has 0 aliphatic rings. The van der Waals surface area contributed by atoms with Crippen molar-refractivity contribution in [2.75, 3.05) is 6.54 Å². The molecule has 1 N–H and O–H groups in total. The smallest absolute Gasteiger partial charge is 0.181 e. The van der Waals surface area contributed by atoms with Crippen molar-refractivity contribution in [3.8, 4) is 11.3 Å². The number of oxazole rings is 1. The van der Waals surface area contributed by atoms with Gasteiger partial charge in [-0.05, 0) is 26.0 Å². The van der Waals surface area contributed by atoms with E-state index in [2.05, 4.69) is 42.3 Å². The van der Waals surface area contributed by atoms with E-state index in [1.807, 2.05) is 6.07 Å². The van der Waals surface area contributed by atoms with Gasteiger partial charge in [-0.3, -0.25) is 0 Å². The highest BCUT2D eigenvalue weighted by molar-refractivity contribution is 5.60. The Kier molecular flexibility index (Phi) is 3.94. The first kappa shape index (κ1) is 11.9. The van der Waals surface area contributed by atoms with Crippen LogP contribution in [0.25, 0.3) is 11.3 Å². The maximum Gasteiger partial charge on any atom is 0.181 e. The molecule has 0 bridgehead atoms. The molecule has 0 spiro atoms. The van der Waals surface area contributed by atoms with Crippen LogP contribution in [-0.4, -0.2) is 11.5 Å². The van der Waals surface area contributed by atoms with Crippen molar-refractivity contribution in [1.82, 2.24) is 10.3 Å². The lowest BCUT2D eigenvalue weighted by molar-refractivity contribution is 0.569. The highest BCUT2D eigenvalue weighted by atomic mass is 16.3. The molecule has 3 heteroatoms. The summed E-state index contributed by atoms with van der Waals surface area (Å²) in [5.41, 5.74) is 3.30. The first-order valence-electron chi connectivity index (χ1n) is 6.01. The number of rotatable bonds is 5. The summed E-state index contributed by atoms with van der Waals surface area (Å²) in [6.45, 7) is 5.99. The van der Waals surface area contributed by atoms with Crippen LogP contribution in [0.2, 0.25) is 0 Å². The van der Waals surface area contributed by atoms with Gasteiger partial charge in [0.25, 0.3) is 0 Å². The van der Waals surface area contributed by atoms with E-state index < -0.39 is 0 Å². The van der Waals surface area contributed by atoms with Gasteiger partial charge < -0.3 is 9.73 Å². The number of nitrogens with zero attached hydrogens (tertiary/aromatic N) is 1. The topological polar surface area (TPSA) is 38.1 Å². The van der Waals surface area contributed by atoms with Gasteiger partial charge >= 0.3 is 0 Å². The van der Waals surface area contributed by atoms with Crippen molar-refractivity contribution in [3.63, 3.8) is 0 Å². The van der Waals surface area contributed by atoms with Crippen molar-refractivity contribution in [3.05, 3.63) is 41.9 Å². The molecule has 1 heterocycles. The number of hydrogen-bond donors (Lipinski definition) is 1. The Morgan fingerprint density at radius 3 is 3.00 bits per heavy atom. The van der Waals surface area contributed by atoms with Crippen LogP contribution in [0.5, 0.6) is 0 Å². The molecule has 0 atom stereocenters. The Balaban J connectivity index is 2.18. The van der Waals surface area contributed by atoms with E-state index in [0.29, 0.717) is 0 Å². The average Bonchev–Trinajstić information content (AvgIpc) is 2.78. The van der Waals surface area contributed by atoms with Crippen LogP contribution >= 0.6 is 0 Å². The largest absolute Gasteiger partial charge is 0.443 e. The van der Waals surface area contributed by atoms with Gasteiger partial charge in [-0.15, -0.1) is 0 Å². The van der Waals surface area contributed by atoms with E-state index in [-0.39, 0.29) is 0 Å². The fourth-order valence-electron chi connectivity index (χ4n) is 1.80. The molecule has 0 fully saturated rings. The molecule has 0 saturated heterocycles. The SMILES string of the molecule is CCCNCc1ncoc1-c1cccc(C)c1. The lowest BCUT2D eigenvalue weighted by atomic mass is 10.1. The Morgan fingerprint density at radius 1 is 1.35 bits per heavy atom. The Labute approximate surface area is 102 Å². The predicted molar refractivity (Wildman–Crippen MR) is 68.7 cm³/mol. The molecule has 3 nitrogen and oxygen atoms in total. The average molecular weight is 230 g/mol. The van der Waals surface area contributed by atoms with E-state index in [0.717, 1.165) is 36.5 Å². The molecule has 0 amide bonds. The van der Waals surface area contributed by atoms with Gasteiger partial charge in [-0.25, -0.2) is 4.98 Å². The monoisotopic (exact) mass is 230 g/mol. The molecule has 0 aliphatic heterocycles. The minimum absolute atomic E-state index is 0.758. The third-order valence-electron chi connectivity index (χ3n) is 2.64. The van der Waals surface area contributed by atoms with E-state index in [1.54, 1.807) is 0 Å². The maximum absolute atomic E-state index is 5.49. The minimum Gasteiger partial charge on any atom is -0.443 e. The van der Waals surface area contributed by atoms with Crippen LogP contribution < -0.4 is 5.32 Å². The lowest BCUT2D eigenvalue weighted by Crippen LogP contribution is -2.14. The molecule has 1 aromatic heterocycles. The van der Waals surface area contributed by atoms with Gasteiger partial charge in [-0.2, -0.15) is 0 Å². The van der Waals surface area contributed by atoms with Gasteiger partial charge in [0.2, 0.25) is 0 Å². The molecule has 0 radical (unpaired) electrons. The van der Waals surface area contributed by atoms with Crippen molar-refractivity contribution in [2.24, 2.45) is 0 Å². The maximum atomic E-state index is 5.49. The predicted octanol–water partition coefficient (Wildman–Crippen LogP) is 3.15. The summed E-state index contributed by atoms with van der Waals surface area (Å²) in [7, 11) is 0. The van der Waals surface area contributed by atoms with E-state index in [4.69, 9.17) is 4.42 Å².